The average Bonchev–Trinajstić information content (AvgIpc) is 2.08. The van der Waals surface area contributed by atoms with Crippen molar-refractivity contribution in [3.05, 3.63) is 24.3 Å². The van der Waals surface area contributed by atoms with Gasteiger partial charge in [0, 0.05) is 0 Å². The monoisotopic (exact) mass is 149 g/mol. The normalized spacial score (nSPS) is 26.9. The van der Waals surface area contributed by atoms with E-state index >= 15 is 0 Å². The van der Waals surface area contributed by atoms with E-state index < -0.39 is 0 Å². The second kappa shape index (κ2) is 6.21. The quantitative estimate of drug-likeness (QED) is 0.493. The smallest absolute Gasteiger partial charge is 0.0276 e. The molecule has 0 aromatic heterocycles. The highest BCUT2D eigenvalue weighted by Gasteiger charge is 1.89. The summed E-state index contributed by atoms with van der Waals surface area (Å²) in [5.41, 5.74) is 0. The predicted octanol–water partition coefficient (Wildman–Crippen LogP) is 3.65. The molecule has 0 amide bonds. The molecular weight excluding hydrogens is 132 g/mol. The maximum absolute atomic E-state index is 3.27. The Bertz CT molecular complexity index is 115. The van der Waals surface area contributed by atoms with Gasteiger partial charge in [-0.05, 0) is 31.8 Å². The molecule has 0 aromatic carbocycles. The Kier molecular flexibility index (Phi) is 4.84. The van der Waals surface area contributed by atoms with Crippen LogP contribution in [0.4, 0.5) is 0 Å². The van der Waals surface area contributed by atoms with Gasteiger partial charge in [-0.25, -0.2) is 0 Å². The first kappa shape index (κ1) is 8.58. The Hall–Kier alpha value is -0.520. The van der Waals surface area contributed by atoms with E-state index in [1.54, 1.807) is 0 Å². The molecule has 61 valence electrons. The Labute approximate surface area is 70.0 Å². The summed E-state index contributed by atoms with van der Waals surface area (Å²) in [6, 6.07) is 0. The number of allylic oxidation sites excluding steroid dienone is 4. The first-order chi connectivity index (χ1) is 5.50. The lowest BCUT2D eigenvalue weighted by atomic mass is 10.1. The van der Waals surface area contributed by atoms with Gasteiger partial charge in [0.1, 0.15) is 0 Å². The highest BCUT2D eigenvalue weighted by Crippen LogP contribution is 2.08. The molecule has 0 fully saturated rings. The van der Waals surface area contributed by atoms with Crippen LogP contribution in [0.5, 0.6) is 0 Å². The fourth-order valence-corrected chi connectivity index (χ4v) is 1.34. The SMILES string of the molecule is [C]1=C\C=C\CCCCCCC/1. The van der Waals surface area contributed by atoms with E-state index in [0.29, 0.717) is 0 Å². The fraction of sp³-hybridized carbons (Fsp3) is 0.636. The maximum Gasteiger partial charge on any atom is -0.0276 e. The van der Waals surface area contributed by atoms with Crippen molar-refractivity contribution in [2.24, 2.45) is 0 Å². The Morgan fingerprint density at radius 3 is 2.73 bits per heavy atom. The molecule has 1 aliphatic rings. The summed E-state index contributed by atoms with van der Waals surface area (Å²) in [6.07, 6.45) is 19.0. The van der Waals surface area contributed by atoms with Crippen molar-refractivity contribution in [2.75, 3.05) is 0 Å². The summed E-state index contributed by atoms with van der Waals surface area (Å²) in [5, 5.41) is 0. The summed E-state index contributed by atoms with van der Waals surface area (Å²) in [6.45, 7) is 0. The van der Waals surface area contributed by atoms with E-state index in [4.69, 9.17) is 0 Å². The van der Waals surface area contributed by atoms with Gasteiger partial charge >= 0.3 is 0 Å². The van der Waals surface area contributed by atoms with Crippen LogP contribution in [0.2, 0.25) is 0 Å². The molecule has 0 aromatic rings. The fourth-order valence-electron chi connectivity index (χ4n) is 1.34. The molecule has 0 N–H and O–H groups in total. The summed E-state index contributed by atoms with van der Waals surface area (Å²) < 4.78 is 0. The van der Waals surface area contributed by atoms with Crippen LogP contribution in [-0.4, -0.2) is 0 Å². The minimum atomic E-state index is 1.14. The minimum absolute atomic E-state index is 1.14. The molecule has 11 heavy (non-hydrogen) atoms. The molecule has 0 bridgehead atoms. The summed E-state index contributed by atoms with van der Waals surface area (Å²) >= 11 is 0. The molecule has 0 heteroatoms. The summed E-state index contributed by atoms with van der Waals surface area (Å²) in [5.74, 6) is 0. The highest BCUT2D eigenvalue weighted by atomic mass is 14.0. The van der Waals surface area contributed by atoms with E-state index in [0.717, 1.165) is 6.42 Å². The van der Waals surface area contributed by atoms with Crippen LogP contribution in [0.25, 0.3) is 0 Å². The highest BCUT2D eigenvalue weighted by molar-refractivity contribution is 4.98. The lowest BCUT2D eigenvalue weighted by Gasteiger charge is -1.96. The first-order valence-corrected chi connectivity index (χ1v) is 4.72. The zero-order valence-corrected chi connectivity index (χ0v) is 7.18. The van der Waals surface area contributed by atoms with Crippen LogP contribution < -0.4 is 0 Å². The van der Waals surface area contributed by atoms with Crippen molar-refractivity contribution in [2.45, 2.75) is 44.9 Å². The molecule has 1 radical (unpaired) electrons. The standard InChI is InChI=1S/C11H17/c1-2-4-6-8-10-11-9-7-5-3-1/h1-3H,4,6-11H2/b2-1+,5-3?. The third kappa shape index (κ3) is 4.83. The molecule has 0 atom stereocenters. The minimum Gasteiger partial charge on any atom is -0.0845 e. The third-order valence-electron chi connectivity index (χ3n) is 2.04. The van der Waals surface area contributed by atoms with Gasteiger partial charge in [0.25, 0.3) is 0 Å². The summed E-state index contributed by atoms with van der Waals surface area (Å²) in [7, 11) is 0. The average molecular weight is 149 g/mol. The van der Waals surface area contributed by atoms with Crippen molar-refractivity contribution >= 4 is 0 Å². The second-order valence-corrected chi connectivity index (χ2v) is 3.11. The summed E-state index contributed by atoms with van der Waals surface area (Å²) in [4.78, 5) is 0. The van der Waals surface area contributed by atoms with Crippen LogP contribution in [0.15, 0.2) is 18.2 Å². The van der Waals surface area contributed by atoms with Crippen LogP contribution >= 0.6 is 0 Å². The van der Waals surface area contributed by atoms with E-state index in [-0.39, 0.29) is 0 Å². The Morgan fingerprint density at radius 2 is 1.73 bits per heavy atom. The molecule has 1 rings (SSSR count). The van der Waals surface area contributed by atoms with E-state index in [1.165, 1.54) is 38.5 Å². The topological polar surface area (TPSA) is 0 Å². The van der Waals surface area contributed by atoms with Gasteiger partial charge in [-0.1, -0.05) is 37.5 Å². The van der Waals surface area contributed by atoms with Crippen LogP contribution in [0, 0.1) is 6.08 Å². The van der Waals surface area contributed by atoms with Crippen molar-refractivity contribution < 1.29 is 0 Å². The van der Waals surface area contributed by atoms with Gasteiger partial charge in [-0.2, -0.15) is 0 Å². The zero-order valence-electron chi connectivity index (χ0n) is 7.18. The largest absolute Gasteiger partial charge is 0.0845 e. The van der Waals surface area contributed by atoms with Crippen molar-refractivity contribution in [3.8, 4) is 0 Å². The van der Waals surface area contributed by atoms with Gasteiger partial charge in [0.05, 0.1) is 0 Å². The molecule has 0 heterocycles. The Balaban J connectivity index is 2.22. The van der Waals surface area contributed by atoms with Crippen molar-refractivity contribution in [3.63, 3.8) is 0 Å². The number of hydrogen-bond acceptors (Lipinski definition) is 0. The molecule has 0 saturated carbocycles. The van der Waals surface area contributed by atoms with Gasteiger partial charge in [-0.15, -0.1) is 0 Å². The van der Waals surface area contributed by atoms with Crippen molar-refractivity contribution in [1.82, 2.24) is 0 Å². The zero-order chi connectivity index (χ0) is 7.78. The first-order valence-electron chi connectivity index (χ1n) is 4.72. The van der Waals surface area contributed by atoms with E-state index in [9.17, 15) is 0 Å². The van der Waals surface area contributed by atoms with E-state index in [2.05, 4.69) is 24.3 Å². The van der Waals surface area contributed by atoms with Gasteiger partial charge < -0.3 is 0 Å². The third-order valence-corrected chi connectivity index (χ3v) is 2.04. The van der Waals surface area contributed by atoms with Crippen molar-refractivity contribution in [1.29, 1.82) is 0 Å². The van der Waals surface area contributed by atoms with Gasteiger partial charge in [0.15, 0.2) is 0 Å². The van der Waals surface area contributed by atoms with Gasteiger partial charge in [0.2, 0.25) is 0 Å². The lowest BCUT2D eigenvalue weighted by molar-refractivity contribution is 0.621. The molecule has 0 aliphatic heterocycles. The van der Waals surface area contributed by atoms with Crippen LogP contribution in [0.3, 0.4) is 0 Å². The molecule has 0 saturated heterocycles. The molecule has 0 unspecified atom stereocenters. The second-order valence-electron chi connectivity index (χ2n) is 3.11. The number of hydrogen-bond donors (Lipinski definition) is 0. The molecule has 0 spiro atoms. The predicted molar refractivity (Wildman–Crippen MR) is 49.3 cm³/mol. The van der Waals surface area contributed by atoms with E-state index in [1.807, 2.05) is 0 Å². The molecule has 0 nitrogen and oxygen atoms in total. The lowest BCUT2D eigenvalue weighted by Crippen LogP contribution is -1.77. The molecular formula is C11H17. The molecule has 1 aliphatic carbocycles. The maximum atomic E-state index is 3.27. The number of rotatable bonds is 0. The van der Waals surface area contributed by atoms with Crippen LogP contribution in [0.1, 0.15) is 44.9 Å². The van der Waals surface area contributed by atoms with Crippen LogP contribution in [-0.2, 0) is 0 Å². The van der Waals surface area contributed by atoms with Gasteiger partial charge in [-0.3, -0.25) is 0 Å². The Morgan fingerprint density at radius 1 is 0.909 bits per heavy atom.